The molecule has 5 nitrogen and oxygen atoms in total. The summed E-state index contributed by atoms with van der Waals surface area (Å²) in [6.07, 6.45) is 0.434. The van der Waals surface area contributed by atoms with Crippen molar-refractivity contribution >= 4 is 11.5 Å². The van der Waals surface area contributed by atoms with Crippen LogP contribution in [-0.2, 0) is 15.9 Å². The van der Waals surface area contributed by atoms with Gasteiger partial charge < -0.3 is 14.6 Å². The van der Waals surface area contributed by atoms with E-state index in [1.54, 1.807) is 0 Å². The van der Waals surface area contributed by atoms with Crippen molar-refractivity contribution in [2.45, 2.75) is 12.0 Å². The van der Waals surface area contributed by atoms with Gasteiger partial charge >= 0.3 is 0 Å². The zero-order valence-corrected chi connectivity index (χ0v) is 8.50. The molecule has 0 radical (unpaired) electrons. The molecule has 0 aromatic carbocycles. The van der Waals surface area contributed by atoms with E-state index in [0.717, 1.165) is 5.69 Å². The molecular formula is C8H12N2O3S. The molecule has 0 atom stereocenters. The van der Waals surface area contributed by atoms with E-state index < -0.39 is 5.60 Å². The van der Waals surface area contributed by atoms with E-state index in [2.05, 4.69) is 9.59 Å². The average molecular weight is 216 g/mol. The largest absolute Gasteiger partial charge is 0.385 e. The van der Waals surface area contributed by atoms with Crippen molar-refractivity contribution < 1.29 is 14.6 Å². The fourth-order valence-corrected chi connectivity index (χ4v) is 1.84. The SMILES string of the molecule is OC1(Cc2csnn2)COCCOC1. The van der Waals surface area contributed by atoms with Crippen LogP contribution in [-0.4, -0.2) is 46.7 Å². The molecule has 0 aliphatic carbocycles. The highest BCUT2D eigenvalue weighted by atomic mass is 32.1. The van der Waals surface area contributed by atoms with Crippen LogP contribution in [0.2, 0.25) is 0 Å². The Morgan fingerprint density at radius 1 is 1.43 bits per heavy atom. The lowest BCUT2D eigenvalue weighted by Crippen LogP contribution is -2.40. The third kappa shape index (κ3) is 2.48. The van der Waals surface area contributed by atoms with Gasteiger partial charge in [0.2, 0.25) is 0 Å². The number of nitrogens with zero attached hydrogens (tertiary/aromatic N) is 2. The summed E-state index contributed by atoms with van der Waals surface area (Å²) in [4.78, 5) is 0. The zero-order valence-electron chi connectivity index (χ0n) is 7.68. The molecule has 14 heavy (non-hydrogen) atoms. The predicted octanol–water partition coefficient (Wildman–Crippen LogP) is -0.142. The van der Waals surface area contributed by atoms with E-state index in [-0.39, 0.29) is 0 Å². The minimum atomic E-state index is -0.952. The van der Waals surface area contributed by atoms with E-state index in [4.69, 9.17) is 9.47 Å². The van der Waals surface area contributed by atoms with Crippen LogP contribution in [0.25, 0.3) is 0 Å². The number of ether oxygens (including phenoxy) is 2. The van der Waals surface area contributed by atoms with Crippen LogP contribution in [0.15, 0.2) is 5.38 Å². The van der Waals surface area contributed by atoms with Crippen molar-refractivity contribution in [2.75, 3.05) is 26.4 Å². The summed E-state index contributed by atoms with van der Waals surface area (Å²) in [6, 6.07) is 0. The summed E-state index contributed by atoms with van der Waals surface area (Å²) in [5.41, 5.74) is -0.168. The third-order valence-corrected chi connectivity index (χ3v) is 2.58. The standard InChI is InChI=1S/C8H12N2O3S/c11-8(3-7-4-14-10-9-7)5-12-1-2-13-6-8/h4,11H,1-3,5-6H2. The van der Waals surface area contributed by atoms with Gasteiger partial charge in [0.15, 0.2) is 0 Å². The molecule has 1 saturated heterocycles. The van der Waals surface area contributed by atoms with Gasteiger partial charge in [-0.3, -0.25) is 0 Å². The molecule has 0 saturated carbocycles. The van der Waals surface area contributed by atoms with Crippen LogP contribution in [0, 0.1) is 0 Å². The number of hydrogen-bond donors (Lipinski definition) is 1. The predicted molar refractivity (Wildman–Crippen MR) is 50.2 cm³/mol. The Labute approximate surface area is 85.8 Å². The molecule has 2 heterocycles. The van der Waals surface area contributed by atoms with Crippen molar-refractivity contribution in [1.29, 1.82) is 0 Å². The van der Waals surface area contributed by atoms with Gasteiger partial charge in [0.05, 0.1) is 32.1 Å². The number of aliphatic hydroxyl groups is 1. The van der Waals surface area contributed by atoms with Crippen LogP contribution >= 0.6 is 11.5 Å². The topological polar surface area (TPSA) is 64.5 Å². The fourth-order valence-electron chi connectivity index (χ4n) is 1.38. The minimum Gasteiger partial charge on any atom is -0.385 e. The van der Waals surface area contributed by atoms with Crippen molar-refractivity contribution in [3.8, 4) is 0 Å². The molecule has 6 heteroatoms. The first-order chi connectivity index (χ1) is 6.79. The molecule has 78 valence electrons. The Bertz CT molecular complexity index is 270. The van der Waals surface area contributed by atoms with Gasteiger partial charge in [-0.15, -0.1) is 5.10 Å². The smallest absolute Gasteiger partial charge is 0.117 e. The number of aromatic nitrogens is 2. The monoisotopic (exact) mass is 216 g/mol. The first kappa shape index (κ1) is 9.97. The van der Waals surface area contributed by atoms with Gasteiger partial charge in [-0.25, -0.2) is 0 Å². The van der Waals surface area contributed by atoms with E-state index in [9.17, 15) is 5.11 Å². The number of rotatable bonds is 2. The normalized spacial score (nSPS) is 21.8. The lowest BCUT2D eigenvalue weighted by atomic mass is 10.0. The maximum atomic E-state index is 10.1. The van der Waals surface area contributed by atoms with Crippen LogP contribution in [0.4, 0.5) is 0 Å². The highest BCUT2D eigenvalue weighted by Crippen LogP contribution is 2.16. The Morgan fingerprint density at radius 2 is 2.14 bits per heavy atom. The maximum absolute atomic E-state index is 10.1. The van der Waals surface area contributed by atoms with Crippen molar-refractivity contribution in [3.05, 3.63) is 11.1 Å². The maximum Gasteiger partial charge on any atom is 0.117 e. The van der Waals surface area contributed by atoms with E-state index >= 15 is 0 Å². The molecule has 1 N–H and O–H groups in total. The summed E-state index contributed by atoms with van der Waals surface area (Å²) in [5.74, 6) is 0. The van der Waals surface area contributed by atoms with Crippen LogP contribution in [0.3, 0.4) is 0 Å². The van der Waals surface area contributed by atoms with Gasteiger partial charge in [0.25, 0.3) is 0 Å². The summed E-state index contributed by atoms with van der Waals surface area (Å²) in [5, 5.41) is 15.8. The lowest BCUT2D eigenvalue weighted by Gasteiger charge is -2.23. The highest BCUT2D eigenvalue weighted by molar-refractivity contribution is 7.03. The Morgan fingerprint density at radius 3 is 2.71 bits per heavy atom. The van der Waals surface area contributed by atoms with E-state index in [1.165, 1.54) is 11.5 Å². The molecule has 0 spiro atoms. The lowest BCUT2D eigenvalue weighted by molar-refractivity contribution is -0.0547. The Kier molecular flexibility index (Phi) is 3.07. The molecular weight excluding hydrogens is 204 g/mol. The number of hydrogen-bond acceptors (Lipinski definition) is 6. The molecule has 0 amide bonds. The van der Waals surface area contributed by atoms with Gasteiger partial charge in [-0.2, -0.15) is 0 Å². The minimum absolute atomic E-state index is 0.296. The molecule has 1 fully saturated rings. The second-order valence-corrected chi connectivity index (χ2v) is 4.01. The van der Waals surface area contributed by atoms with Gasteiger partial charge in [-0.1, -0.05) is 4.49 Å². The quantitative estimate of drug-likeness (QED) is 0.745. The molecule has 0 unspecified atom stereocenters. The Balaban J connectivity index is 1.99. The van der Waals surface area contributed by atoms with Crippen molar-refractivity contribution in [2.24, 2.45) is 0 Å². The van der Waals surface area contributed by atoms with E-state index in [0.29, 0.717) is 32.8 Å². The second-order valence-electron chi connectivity index (χ2n) is 3.40. The summed E-state index contributed by atoms with van der Waals surface area (Å²) in [7, 11) is 0. The van der Waals surface area contributed by atoms with Gasteiger partial charge in [0, 0.05) is 11.8 Å². The molecule has 1 aliphatic heterocycles. The van der Waals surface area contributed by atoms with Gasteiger partial charge in [-0.05, 0) is 11.5 Å². The highest BCUT2D eigenvalue weighted by Gasteiger charge is 2.30. The van der Waals surface area contributed by atoms with E-state index in [1.807, 2.05) is 5.38 Å². The van der Waals surface area contributed by atoms with Crippen molar-refractivity contribution in [1.82, 2.24) is 9.59 Å². The fraction of sp³-hybridized carbons (Fsp3) is 0.750. The summed E-state index contributed by atoms with van der Waals surface area (Å²) >= 11 is 1.28. The summed E-state index contributed by atoms with van der Waals surface area (Å²) in [6.45, 7) is 1.67. The average Bonchev–Trinajstić information content (AvgIpc) is 2.55. The van der Waals surface area contributed by atoms with Crippen LogP contribution in [0.1, 0.15) is 5.69 Å². The first-order valence-electron chi connectivity index (χ1n) is 4.42. The Hall–Kier alpha value is -0.560. The van der Waals surface area contributed by atoms with Crippen molar-refractivity contribution in [3.63, 3.8) is 0 Å². The third-order valence-electron chi connectivity index (χ3n) is 2.03. The van der Waals surface area contributed by atoms with Crippen LogP contribution in [0.5, 0.6) is 0 Å². The first-order valence-corrected chi connectivity index (χ1v) is 5.26. The zero-order chi connectivity index (χ0) is 9.86. The molecule has 1 aliphatic rings. The molecule has 1 aromatic heterocycles. The summed E-state index contributed by atoms with van der Waals surface area (Å²) < 4.78 is 14.2. The molecule has 0 bridgehead atoms. The van der Waals surface area contributed by atoms with Crippen LogP contribution < -0.4 is 0 Å². The van der Waals surface area contributed by atoms with Gasteiger partial charge in [0.1, 0.15) is 5.60 Å². The molecule has 1 aromatic rings. The second kappa shape index (κ2) is 4.31. The molecule has 2 rings (SSSR count).